The van der Waals surface area contributed by atoms with Gasteiger partial charge in [-0.3, -0.25) is 9.59 Å². The fourth-order valence-corrected chi connectivity index (χ4v) is 4.99. The number of rotatable bonds is 6. The van der Waals surface area contributed by atoms with Gasteiger partial charge in [-0.15, -0.1) is 0 Å². The van der Waals surface area contributed by atoms with Crippen molar-refractivity contribution in [1.29, 1.82) is 0 Å². The third kappa shape index (κ3) is 6.97. The molecule has 1 unspecified atom stereocenters. The molecule has 7 nitrogen and oxygen atoms in total. The van der Waals surface area contributed by atoms with Crippen molar-refractivity contribution >= 4 is 18.0 Å². The number of methoxy groups -OCH3 is 1. The lowest BCUT2D eigenvalue weighted by Crippen LogP contribution is -2.38. The zero-order chi connectivity index (χ0) is 24.9. The van der Waals surface area contributed by atoms with Crippen LogP contribution >= 0.6 is 0 Å². The van der Waals surface area contributed by atoms with Crippen molar-refractivity contribution in [3.63, 3.8) is 0 Å². The Kier molecular flexibility index (Phi) is 8.26. The largest absolute Gasteiger partial charge is 0.469 e. The molecule has 2 fully saturated rings. The van der Waals surface area contributed by atoms with Crippen LogP contribution in [0.2, 0.25) is 0 Å². The van der Waals surface area contributed by atoms with Gasteiger partial charge in [0.1, 0.15) is 5.60 Å². The maximum absolute atomic E-state index is 12.8. The zero-order valence-corrected chi connectivity index (χ0v) is 21.3. The Balaban J connectivity index is 1.49. The van der Waals surface area contributed by atoms with Gasteiger partial charge in [0.15, 0.2) is 0 Å². The molecule has 1 heterocycles. The number of carbonyl (C=O) groups excluding carboxylic acids is 3. The number of amides is 2. The van der Waals surface area contributed by atoms with Crippen LogP contribution in [0.3, 0.4) is 0 Å². The first kappa shape index (κ1) is 26.0. The smallest absolute Gasteiger partial charge is 0.410 e. The van der Waals surface area contributed by atoms with Crippen LogP contribution in [0.1, 0.15) is 88.6 Å². The maximum Gasteiger partial charge on any atom is 0.410 e. The molecule has 1 aromatic carbocycles. The van der Waals surface area contributed by atoms with E-state index in [-0.39, 0.29) is 29.4 Å². The predicted molar refractivity (Wildman–Crippen MR) is 131 cm³/mol. The molecule has 1 N–H and O–H groups in total. The van der Waals surface area contributed by atoms with Crippen molar-refractivity contribution in [2.45, 2.75) is 89.7 Å². The second kappa shape index (κ2) is 10.8. The summed E-state index contributed by atoms with van der Waals surface area (Å²) in [4.78, 5) is 38.4. The lowest BCUT2D eigenvalue weighted by molar-refractivity contribution is -0.141. The highest BCUT2D eigenvalue weighted by Gasteiger charge is 2.39. The molecule has 34 heavy (non-hydrogen) atoms. The normalized spacial score (nSPS) is 25.0. The molecular formula is C27H40N2O5. The van der Waals surface area contributed by atoms with Crippen LogP contribution in [0.5, 0.6) is 0 Å². The van der Waals surface area contributed by atoms with Crippen LogP contribution < -0.4 is 5.32 Å². The first-order valence-corrected chi connectivity index (χ1v) is 12.5. The average molecular weight is 473 g/mol. The molecule has 2 aliphatic rings. The standard InChI is InChI=1S/C27H40N2O5/c1-26(2,3)34-25(32)29-17-16-27(4,18-29)21-11-9-20(10-12-21)24(31)28-22-13-6-19(7-14-22)8-15-23(30)33-5/h9-12,19,22H,6-8,13-18H2,1-5H3,(H,28,31)/t19-,22-,27?. The number of hydrogen-bond donors (Lipinski definition) is 1. The number of ether oxygens (including phenoxy) is 2. The Bertz CT molecular complexity index is 868. The molecule has 1 saturated carbocycles. The molecule has 1 aliphatic heterocycles. The first-order valence-electron chi connectivity index (χ1n) is 12.5. The van der Waals surface area contributed by atoms with E-state index in [1.165, 1.54) is 7.11 Å². The number of carbonyl (C=O) groups is 3. The summed E-state index contributed by atoms with van der Waals surface area (Å²) < 4.78 is 10.2. The lowest BCUT2D eigenvalue weighted by Gasteiger charge is -2.29. The number of likely N-dealkylation sites (tertiary alicyclic amines) is 1. The number of benzene rings is 1. The summed E-state index contributed by atoms with van der Waals surface area (Å²) in [5.41, 5.74) is 1.12. The van der Waals surface area contributed by atoms with E-state index in [9.17, 15) is 14.4 Å². The Morgan fingerprint density at radius 1 is 1.09 bits per heavy atom. The third-order valence-corrected chi connectivity index (χ3v) is 7.14. The van der Waals surface area contributed by atoms with E-state index >= 15 is 0 Å². The molecule has 1 atom stereocenters. The SMILES string of the molecule is COC(=O)CC[C@H]1CC[C@H](NC(=O)c2ccc(C3(C)CCN(C(=O)OC(C)(C)C)C3)cc2)CC1. The summed E-state index contributed by atoms with van der Waals surface area (Å²) >= 11 is 0. The fourth-order valence-electron chi connectivity index (χ4n) is 4.99. The topological polar surface area (TPSA) is 84.9 Å². The second-order valence-corrected chi connectivity index (χ2v) is 11.1. The third-order valence-electron chi connectivity index (χ3n) is 7.14. The van der Waals surface area contributed by atoms with Gasteiger partial charge in [-0.2, -0.15) is 0 Å². The summed E-state index contributed by atoms with van der Waals surface area (Å²) in [6.07, 6.45) is 5.84. The summed E-state index contributed by atoms with van der Waals surface area (Å²) in [6.45, 7) is 9.05. The van der Waals surface area contributed by atoms with Crippen molar-refractivity contribution < 1.29 is 23.9 Å². The van der Waals surface area contributed by atoms with E-state index in [0.29, 0.717) is 31.0 Å². The van der Waals surface area contributed by atoms with Crippen LogP contribution in [0.4, 0.5) is 4.79 Å². The quantitative estimate of drug-likeness (QED) is 0.600. The van der Waals surface area contributed by atoms with Gasteiger partial charge in [-0.05, 0) is 82.9 Å². The van der Waals surface area contributed by atoms with Gasteiger partial charge in [0, 0.05) is 36.5 Å². The minimum absolute atomic E-state index is 0.0449. The number of nitrogens with one attached hydrogen (secondary N) is 1. The summed E-state index contributed by atoms with van der Waals surface area (Å²) in [5.74, 6) is 0.332. The van der Waals surface area contributed by atoms with Gasteiger partial charge in [-0.25, -0.2) is 4.79 Å². The van der Waals surface area contributed by atoms with Crippen LogP contribution in [0.15, 0.2) is 24.3 Å². The first-order chi connectivity index (χ1) is 16.0. The molecule has 0 aromatic heterocycles. The predicted octanol–water partition coefficient (Wildman–Crippen LogP) is 4.83. The van der Waals surface area contributed by atoms with Crippen LogP contribution in [0, 0.1) is 5.92 Å². The second-order valence-electron chi connectivity index (χ2n) is 11.1. The minimum Gasteiger partial charge on any atom is -0.469 e. The van der Waals surface area contributed by atoms with Gasteiger partial charge in [0.2, 0.25) is 0 Å². The number of hydrogen-bond acceptors (Lipinski definition) is 5. The lowest BCUT2D eigenvalue weighted by atomic mass is 9.81. The maximum atomic E-state index is 12.8. The van der Waals surface area contributed by atoms with E-state index in [4.69, 9.17) is 9.47 Å². The Morgan fingerprint density at radius 3 is 2.32 bits per heavy atom. The molecule has 0 radical (unpaired) electrons. The van der Waals surface area contributed by atoms with Gasteiger partial charge in [-0.1, -0.05) is 19.1 Å². The summed E-state index contributed by atoms with van der Waals surface area (Å²) in [5, 5.41) is 3.17. The van der Waals surface area contributed by atoms with E-state index in [0.717, 1.165) is 44.1 Å². The zero-order valence-electron chi connectivity index (χ0n) is 21.3. The van der Waals surface area contributed by atoms with Gasteiger partial charge in [0.25, 0.3) is 5.91 Å². The molecule has 2 amide bonds. The Hall–Kier alpha value is -2.57. The van der Waals surface area contributed by atoms with Crippen LogP contribution in [-0.2, 0) is 19.7 Å². The highest BCUT2D eigenvalue weighted by Crippen LogP contribution is 2.35. The van der Waals surface area contributed by atoms with Gasteiger partial charge in [0.05, 0.1) is 7.11 Å². The molecule has 1 aliphatic carbocycles. The van der Waals surface area contributed by atoms with Crippen molar-refractivity contribution in [3.05, 3.63) is 35.4 Å². The molecule has 0 spiro atoms. The summed E-state index contributed by atoms with van der Waals surface area (Å²) in [7, 11) is 1.42. The fraction of sp³-hybridized carbons (Fsp3) is 0.667. The molecule has 7 heteroatoms. The van der Waals surface area contributed by atoms with Crippen molar-refractivity contribution in [1.82, 2.24) is 10.2 Å². The van der Waals surface area contributed by atoms with E-state index < -0.39 is 5.60 Å². The highest BCUT2D eigenvalue weighted by molar-refractivity contribution is 5.94. The van der Waals surface area contributed by atoms with Crippen LogP contribution in [-0.4, -0.2) is 54.7 Å². The molecule has 1 saturated heterocycles. The molecule has 1 aromatic rings. The van der Waals surface area contributed by atoms with Crippen LogP contribution in [0.25, 0.3) is 0 Å². The monoisotopic (exact) mass is 472 g/mol. The average Bonchev–Trinajstić information content (AvgIpc) is 3.21. The Labute approximate surface area is 203 Å². The Morgan fingerprint density at radius 2 is 1.74 bits per heavy atom. The van der Waals surface area contributed by atoms with Gasteiger partial charge >= 0.3 is 12.1 Å². The van der Waals surface area contributed by atoms with Crippen molar-refractivity contribution in [2.24, 2.45) is 5.92 Å². The number of esters is 1. The highest BCUT2D eigenvalue weighted by atomic mass is 16.6. The van der Waals surface area contributed by atoms with Crippen molar-refractivity contribution in [3.8, 4) is 0 Å². The van der Waals surface area contributed by atoms with E-state index in [1.807, 2.05) is 45.0 Å². The molecule has 0 bridgehead atoms. The number of nitrogens with zero attached hydrogens (tertiary/aromatic N) is 1. The van der Waals surface area contributed by atoms with Gasteiger partial charge < -0.3 is 19.7 Å². The molecular weight excluding hydrogens is 432 g/mol. The molecule has 188 valence electrons. The van der Waals surface area contributed by atoms with E-state index in [2.05, 4.69) is 12.2 Å². The minimum atomic E-state index is -0.507. The van der Waals surface area contributed by atoms with E-state index in [1.54, 1.807) is 4.90 Å². The molecule has 3 rings (SSSR count). The summed E-state index contributed by atoms with van der Waals surface area (Å²) in [6, 6.07) is 7.97. The van der Waals surface area contributed by atoms with Crippen molar-refractivity contribution in [2.75, 3.05) is 20.2 Å².